The predicted molar refractivity (Wildman–Crippen MR) is 15.1 cm³/mol. The summed E-state index contributed by atoms with van der Waals surface area (Å²) in [5.74, 6) is 0. The zero-order chi connectivity index (χ0) is 5.58. The van der Waals surface area contributed by atoms with E-state index in [1.165, 1.54) is 0 Å². The first-order chi connectivity index (χ1) is 2.73. The van der Waals surface area contributed by atoms with Gasteiger partial charge >= 0.3 is 29.6 Å². The van der Waals surface area contributed by atoms with Gasteiger partial charge in [0.15, 0.2) is 0 Å². The summed E-state index contributed by atoms with van der Waals surface area (Å²) >= 11 is 0. The van der Waals surface area contributed by atoms with Gasteiger partial charge in [-0.05, 0) is 0 Å². The normalized spacial score (nSPS) is 4.00. The van der Waals surface area contributed by atoms with Crippen molar-refractivity contribution in [2.24, 2.45) is 0 Å². The molecular weight excluding hydrogens is 111 g/mol. The number of carboxylic acid groups (broad SMARTS) is 2. The van der Waals surface area contributed by atoms with Gasteiger partial charge in [0.05, 0.1) is 0 Å². The van der Waals surface area contributed by atoms with Crippen LogP contribution in [0, 0.1) is 0 Å². The van der Waals surface area contributed by atoms with E-state index in [0.717, 1.165) is 0 Å². The largest absolute Gasteiger partial charge is 1.00 e. The van der Waals surface area contributed by atoms with Crippen molar-refractivity contribution >= 4 is 12.9 Å². The molecule has 0 radical (unpaired) electrons. The second kappa shape index (κ2) is 16.8. The molecule has 5 heteroatoms. The molecule has 7 heavy (non-hydrogen) atoms. The van der Waals surface area contributed by atoms with Gasteiger partial charge in [-0.25, -0.2) is 0 Å². The van der Waals surface area contributed by atoms with E-state index in [4.69, 9.17) is 19.8 Å². The minimum absolute atomic E-state index is 0. The van der Waals surface area contributed by atoms with E-state index in [-0.39, 0.29) is 29.6 Å². The van der Waals surface area contributed by atoms with Crippen LogP contribution in [0.4, 0.5) is 4.79 Å². The molecule has 4 nitrogen and oxygen atoms in total. The Bertz CT molecular complexity index is 41.0. The Labute approximate surface area is 62.4 Å². The third-order valence-corrected chi connectivity index (χ3v) is 0. The zero-order valence-electron chi connectivity index (χ0n) is 3.88. The Morgan fingerprint density at radius 2 is 1.57 bits per heavy atom. The number of hydrogen-bond donors (Lipinski definition) is 1. The molecule has 0 bridgehead atoms. The molecule has 0 heterocycles. The molecular formula is C2H3NaO4. The van der Waals surface area contributed by atoms with Gasteiger partial charge < -0.3 is 19.8 Å². The van der Waals surface area contributed by atoms with E-state index in [1.807, 2.05) is 6.79 Å². The van der Waals surface area contributed by atoms with Crippen LogP contribution in [0.3, 0.4) is 0 Å². The summed E-state index contributed by atoms with van der Waals surface area (Å²) in [5, 5.41) is 15.3. The van der Waals surface area contributed by atoms with Crippen LogP contribution < -0.4 is 34.7 Å². The molecule has 1 N–H and O–H groups in total. The molecule has 0 rings (SSSR count). The van der Waals surface area contributed by atoms with Crippen LogP contribution in [0.15, 0.2) is 0 Å². The quantitative estimate of drug-likeness (QED) is 0.323. The fourth-order valence-corrected chi connectivity index (χ4v) is 0. The predicted octanol–water partition coefficient (Wildman–Crippen LogP) is -4.29. The summed E-state index contributed by atoms with van der Waals surface area (Å²) in [4.78, 5) is 16.4. The Morgan fingerprint density at radius 3 is 1.57 bits per heavy atom. The van der Waals surface area contributed by atoms with Crippen molar-refractivity contribution in [1.82, 2.24) is 0 Å². The number of carbonyl (C=O) groups is 2. The maximum absolute atomic E-state index is 8.44. The number of rotatable bonds is 0. The third kappa shape index (κ3) is 25600. The molecule has 0 aliphatic carbocycles. The molecule has 0 saturated heterocycles. The molecule has 0 aromatic heterocycles. The monoisotopic (exact) mass is 114 g/mol. The number of carbonyl (C=O) groups excluding carboxylic acids is 1. The molecule has 0 aliphatic rings. The summed E-state index contributed by atoms with van der Waals surface area (Å²) in [5.41, 5.74) is 0. The van der Waals surface area contributed by atoms with Crippen molar-refractivity contribution in [2.45, 2.75) is 0 Å². The van der Waals surface area contributed by atoms with Crippen molar-refractivity contribution in [3.05, 3.63) is 0 Å². The topological polar surface area (TPSA) is 77.4 Å². The van der Waals surface area contributed by atoms with E-state index in [0.29, 0.717) is 0 Å². The van der Waals surface area contributed by atoms with Gasteiger partial charge in [0.1, 0.15) is 6.79 Å². The molecule has 36 valence electrons. The summed E-state index contributed by atoms with van der Waals surface area (Å²) in [6.07, 6.45) is -2.08. The van der Waals surface area contributed by atoms with E-state index >= 15 is 0 Å². The summed E-state index contributed by atoms with van der Waals surface area (Å²) in [6, 6.07) is 0. The van der Waals surface area contributed by atoms with E-state index in [2.05, 4.69) is 0 Å². The smallest absolute Gasteiger partial charge is 0.565 e. The van der Waals surface area contributed by atoms with Gasteiger partial charge in [-0.3, -0.25) is 0 Å². The van der Waals surface area contributed by atoms with Crippen LogP contribution in [0.5, 0.6) is 0 Å². The first kappa shape index (κ1) is 15.8. The minimum Gasteiger partial charge on any atom is -0.565 e. The van der Waals surface area contributed by atoms with Crippen molar-refractivity contribution in [3.8, 4) is 0 Å². The van der Waals surface area contributed by atoms with Crippen LogP contribution >= 0.6 is 0 Å². The van der Waals surface area contributed by atoms with Crippen LogP contribution in [0.25, 0.3) is 0 Å². The molecule has 0 unspecified atom stereocenters. The first-order valence-corrected chi connectivity index (χ1v) is 0.921. The second-order valence-electron chi connectivity index (χ2n) is 0.266. The summed E-state index contributed by atoms with van der Waals surface area (Å²) in [7, 11) is 0. The molecule has 0 fully saturated rings. The van der Waals surface area contributed by atoms with E-state index < -0.39 is 6.16 Å². The Balaban J connectivity index is -0.0000000480. The van der Waals surface area contributed by atoms with Crippen LogP contribution in [-0.2, 0) is 4.79 Å². The summed E-state index contributed by atoms with van der Waals surface area (Å²) in [6.45, 7) is 2.00. The number of hydrogen-bond acceptors (Lipinski definition) is 3. The van der Waals surface area contributed by atoms with Gasteiger partial charge in [-0.15, -0.1) is 0 Å². The Morgan fingerprint density at radius 1 is 1.57 bits per heavy atom. The molecule has 0 atom stereocenters. The average molecular weight is 114 g/mol. The average Bonchev–Trinajstić information content (AvgIpc) is 1.41. The SMILES string of the molecule is C=O.O=C([O-])O.[Na+]. The minimum atomic E-state index is -2.08. The van der Waals surface area contributed by atoms with Crippen molar-refractivity contribution < 1.29 is 49.4 Å². The van der Waals surface area contributed by atoms with Gasteiger partial charge in [0.25, 0.3) is 0 Å². The van der Waals surface area contributed by atoms with Crippen LogP contribution in [0.2, 0.25) is 0 Å². The van der Waals surface area contributed by atoms with Gasteiger partial charge in [-0.2, -0.15) is 0 Å². The molecule has 0 saturated carbocycles. The molecule has 0 aliphatic heterocycles. The Hall–Kier alpha value is -0.0600. The van der Waals surface area contributed by atoms with Gasteiger partial charge in [0.2, 0.25) is 6.16 Å². The second-order valence-corrected chi connectivity index (χ2v) is 0.266. The van der Waals surface area contributed by atoms with Gasteiger partial charge in [-0.1, -0.05) is 0 Å². The van der Waals surface area contributed by atoms with Gasteiger partial charge in [0, 0.05) is 0 Å². The molecule has 0 spiro atoms. The van der Waals surface area contributed by atoms with Crippen LogP contribution in [-0.4, -0.2) is 18.1 Å². The van der Waals surface area contributed by atoms with Crippen molar-refractivity contribution in [2.75, 3.05) is 0 Å². The van der Waals surface area contributed by atoms with Crippen molar-refractivity contribution in [3.63, 3.8) is 0 Å². The fourth-order valence-electron chi connectivity index (χ4n) is 0. The molecule has 0 aromatic carbocycles. The maximum atomic E-state index is 8.44. The molecule has 0 amide bonds. The van der Waals surface area contributed by atoms with Crippen molar-refractivity contribution in [1.29, 1.82) is 0 Å². The van der Waals surface area contributed by atoms with E-state index in [1.54, 1.807) is 0 Å². The Kier molecular flexibility index (Phi) is 37.8. The molecule has 0 aromatic rings. The van der Waals surface area contributed by atoms with Crippen LogP contribution in [0.1, 0.15) is 0 Å². The fraction of sp³-hybridized carbons (Fsp3) is 0. The third-order valence-electron chi connectivity index (χ3n) is 0. The maximum Gasteiger partial charge on any atom is 1.00 e. The zero-order valence-corrected chi connectivity index (χ0v) is 5.88. The van der Waals surface area contributed by atoms with E-state index in [9.17, 15) is 0 Å². The standard InChI is InChI=1S/CH2O3.CH2O.Na/c2-1(3)4;1-2;/h(H2,2,3,4);1H2;/q;;+1/p-1. The first-order valence-electron chi connectivity index (χ1n) is 0.921. The summed E-state index contributed by atoms with van der Waals surface area (Å²) < 4.78 is 0.